The molecule has 1 amide bonds. The number of nitrogens with zero attached hydrogens (tertiary/aromatic N) is 3. The van der Waals surface area contributed by atoms with Crippen LogP contribution in [-0.4, -0.2) is 33.1 Å². The zero-order valence-electron chi connectivity index (χ0n) is 14.7. The number of nitrogens with one attached hydrogen (secondary N) is 1. The fourth-order valence-corrected chi connectivity index (χ4v) is 2.73. The Labute approximate surface area is 161 Å². The van der Waals surface area contributed by atoms with Gasteiger partial charge in [-0.2, -0.15) is 0 Å². The highest BCUT2D eigenvalue weighted by molar-refractivity contribution is 6.30. The van der Waals surface area contributed by atoms with Crippen LogP contribution in [0.3, 0.4) is 0 Å². The lowest BCUT2D eigenvalue weighted by molar-refractivity contribution is 0.0945. The Morgan fingerprint density at radius 1 is 1.30 bits per heavy atom. The van der Waals surface area contributed by atoms with Gasteiger partial charge in [0.05, 0.1) is 26.0 Å². The van der Waals surface area contributed by atoms with E-state index in [1.54, 1.807) is 43.5 Å². The highest BCUT2D eigenvalue weighted by Crippen LogP contribution is 2.18. The molecule has 8 heteroatoms. The van der Waals surface area contributed by atoms with Crippen molar-refractivity contribution in [2.45, 2.75) is 19.2 Å². The second kappa shape index (κ2) is 8.66. The van der Waals surface area contributed by atoms with Crippen LogP contribution in [0.25, 0.3) is 0 Å². The molecule has 0 aliphatic rings. The molecule has 0 bridgehead atoms. The number of carbonyl (C=O) groups excluding carboxylic acids is 1. The maximum Gasteiger partial charge on any atom is 0.273 e. The van der Waals surface area contributed by atoms with Gasteiger partial charge in [0, 0.05) is 11.6 Å². The van der Waals surface area contributed by atoms with Crippen molar-refractivity contribution in [3.8, 4) is 5.75 Å². The van der Waals surface area contributed by atoms with E-state index in [1.165, 1.54) is 10.9 Å². The number of ether oxygens (including phenoxy) is 1. The van der Waals surface area contributed by atoms with Gasteiger partial charge < -0.3 is 15.2 Å². The van der Waals surface area contributed by atoms with Gasteiger partial charge in [0.1, 0.15) is 5.75 Å². The van der Waals surface area contributed by atoms with Gasteiger partial charge >= 0.3 is 0 Å². The van der Waals surface area contributed by atoms with Crippen molar-refractivity contribution in [2.75, 3.05) is 7.11 Å². The molecule has 1 atom stereocenters. The first-order valence-electron chi connectivity index (χ1n) is 8.30. The van der Waals surface area contributed by atoms with Gasteiger partial charge in [-0.25, -0.2) is 4.68 Å². The molecule has 1 unspecified atom stereocenters. The summed E-state index contributed by atoms with van der Waals surface area (Å²) in [5, 5.41) is 21.5. The van der Waals surface area contributed by atoms with Gasteiger partial charge in [-0.1, -0.05) is 41.1 Å². The Balaban J connectivity index is 1.57. The maximum atomic E-state index is 12.2. The van der Waals surface area contributed by atoms with Crippen LogP contribution in [0, 0.1) is 0 Å². The van der Waals surface area contributed by atoms with Gasteiger partial charge in [0.25, 0.3) is 5.91 Å². The predicted octanol–water partition coefficient (Wildman–Crippen LogP) is 2.60. The van der Waals surface area contributed by atoms with Crippen LogP contribution in [0.15, 0.2) is 54.7 Å². The van der Waals surface area contributed by atoms with Crippen molar-refractivity contribution in [1.82, 2.24) is 20.3 Å². The molecule has 3 aromatic rings. The largest absolute Gasteiger partial charge is 0.497 e. The van der Waals surface area contributed by atoms with Crippen LogP contribution in [-0.2, 0) is 13.1 Å². The summed E-state index contributed by atoms with van der Waals surface area (Å²) in [6.07, 6.45) is 0.722. The molecule has 7 nitrogen and oxygen atoms in total. The number of amides is 1. The third-order valence-corrected chi connectivity index (χ3v) is 4.21. The molecule has 2 aromatic carbocycles. The lowest BCUT2D eigenvalue weighted by atomic mass is 10.1. The van der Waals surface area contributed by atoms with Gasteiger partial charge in [0.15, 0.2) is 5.69 Å². The van der Waals surface area contributed by atoms with Crippen molar-refractivity contribution in [1.29, 1.82) is 0 Å². The lowest BCUT2D eigenvalue weighted by Gasteiger charge is -2.11. The topological polar surface area (TPSA) is 89.3 Å². The van der Waals surface area contributed by atoms with Gasteiger partial charge in [-0.15, -0.1) is 5.10 Å². The number of hydrogen-bond donors (Lipinski definition) is 2. The standard InChI is InChI=1S/C19H19ClN4O3/c1-27-16-7-5-14(6-8-16)18(25)12-24-11-17(22-23-24)19(26)21-10-13-3-2-4-15(20)9-13/h2-9,11,18,25H,10,12H2,1H3,(H,21,26). The molecule has 0 saturated heterocycles. The van der Waals surface area contributed by atoms with Crippen LogP contribution in [0.1, 0.15) is 27.7 Å². The average Bonchev–Trinajstić information content (AvgIpc) is 3.15. The Morgan fingerprint density at radius 2 is 2.07 bits per heavy atom. The molecule has 27 heavy (non-hydrogen) atoms. The van der Waals surface area contributed by atoms with Crippen LogP contribution in [0.2, 0.25) is 5.02 Å². The number of methoxy groups -OCH3 is 1. The maximum absolute atomic E-state index is 12.2. The number of benzene rings is 2. The highest BCUT2D eigenvalue weighted by atomic mass is 35.5. The molecule has 0 aliphatic carbocycles. The molecule has 0 saturated carbocycles. The molecule has 0 fully saturated rings. The summed E-state index contributed by atoms with van der Waals surface area (Å²) in [6.45, 7) is 0.516. The molecular weight excluding hydrogens is 368 g/mol. The van der Waals surface area contributed by atoms with E-state index in [2.05, 4.69) is 15.6 Å². The number of hydrogen-bond acceptors (Lipinski definition) is 5. The Hall–Kier alpha value is -2.90. The molecule has 0 aliphatic heterocycles. The van der Waals surface area contributed by atoms with Crippen LogP contribution in [0.4, 0.5) is 0 Å². The summed E-state index contributed by atoms with van der Waals surface area (Å²) < 4.78 is 6.53. The number of aliphatic hydroxyl groups is 1. The third kappa shape index (κ3) is 5.06. The van der Waals surface area contributed by atoms with Crippen molar-refractivity contribution in [3.63, 3.8) is 0 Å². The van der Waals surface area contributed by atoms with Crippen LogP contribution < -0.4 is 10.1 Å². The summed E-state index contributed by atoms with van der Waals surface area (Å²) in [4.78, 5) is 12.2. The molecule has 0 spiro atoms. The van der Waals surface area contributed by atoms with Crippen molar-refractivity contribution in [3.05, 3.63) is 76.6 Å². The zero-order valence-corrected chi connectivity index (χ0v) is 15.4. The number of halogens is 1. The van der Waals surface area contributed by atoms with E-state index < -0.39 is 6.10 Å². The van der Waals surface area contributed by atoms with Crippen LogP contribution in [0.5, 0.6) is 5.75 Å². The smallest absolute Gasteiger partial charge is 0.273 e. The van der Waals surface area contributed by atoms with E-state index >= 15 is 0 Å². The SMILES string of the molecule is COc1ccc(C(O)Cn2cc(C(=O)NCc3cccc(Cl)c3)nn2)cc1. The summed E-state index contributed by atoms with van der Waals surface area (Å²) in [6, 6.07) is 14.3. The van der Waals surface area contributed by atoms with Gasteiger partial charge in [0.2, 0.25) is 0 Å². The van der Waals surface area contributed by atoms with Gasteiger partial charge in [-0.3, -0.25) is 4.79 Å². The fourth-order valence-electron chi connectivity index (χ4n) is 2.52. The molecule has 2 N–H and O–H groups in total. The molecule has 0 radical (unpaired) electrons. The lowest BCUT2D eigenvalue weighted by Crippen LogP contribution is -2.23. The number of aliphatic hydroxyl groups excluding tert-OH is 1. The summed E-state index contributed by atoms with van der Waals surface area (Å²) in [5.41, 5.74) is 1.79. The minimum absolute atomic E-state index is 0.180. The Kier molecular flexibility index (Phi) is 6.05. The first-order chi connectivity index (χ1) is 13.0. The third-order valence-electron chi connectivity index (χ3n) is 3.97. The first-order valence-corrected chi connectivity index (χ1v) is 8.68. The zero-order chi connectivity index (χ0) is 19.2. The van der Waals surface area contributed by atoms with E-state index in [0.29, 0.717) is 17.3 Å². The van der Waals surface area contributed by atoms with E-state index in [9.17, 15) is 9.90 Å². The fraction of sp³-hybridized carbons (Fsp3) is 0.211. The molecular formula is C19H19ClN4O3. The molecule has 1 aromatic heterocycles. The first kappa shape index (κ1) is 18.9. The van der Waals surface area contributed by atoms with E-state index in [0.717, 1.165) is 11.1 Å². The number of carbonyl (C=O) groups is 1. The van der Waals surface area contributed by atoms with E-state index in [4.69, 9.17) is 16.3 Å². The predicted molar refractivity (Wildman–Crippen MR) is 101 cm³/mol. The molecule has 3 rings (SSSR count). The monoisotopic (exact) mass is 386 g/mol. The minimum Gasteiger partial charge on any atom is -0.497 e. The Morgan fingerprint density at radius 3 is 2.78 bits per heavy atom. The highest BCUT2D eigenvalue weighted by Gasteiger charge is 2.14. The second-order valence-corrected chi connectivity index (χ2v) is 6.36. The number of aromatic nitrogens is 3. The van der Waals surface area contributed by atoms with Gasteiger partial charge in [-0.05, 0) is 35.4 Å². The summed E-state index contributed by atoms with van der Waals surface area (Å²) >= 11 is 5.93. The van der Waals surface area contributed by atoms with Crippen LogP contribution >= 0.6 is 11.6 Å². The molecule has 1 heterocycles. The summed E-state index contributed by atoms with van der Waals surface area (Å²) in [5.74, 6) is 0.366. The Bertz CT molecular complexity index is 911. The minimum atomic E-state index is -0.778. The normalized spacial score (nSPS) is 11.8. The summed E-state index contributed by atoms with van der Waals surface area (Å²) in [7, 11) is 1.58. The average molecular weight is 387 g/mol. The second-order valence-electron chi connectivity index (χ2n) is 5.93. The van der Waals surface area contributed by atoms with Crippen molar-refractivity contribution < 1.29 is 14.6 Å². The van der Waals surface area contributed by atoms with E-state index in [-0.39, 0.29) is 18.1 Å². The van der Waals surface area contributed by atoms with E-state index in [1.807, 2.05) is 12.1 Å². The van der Waals surface area contributed by atoms with Crippen molar-refractivity contribution in [2.24, 2.45) is 0 Å². The molecule has 140 valence electrons. The number of rotatable bonds is 7. The van der Waals surface area contributed by atoms with Crippen molar-refractivity contribution >= 4 is 17.5 Å². The quantitative estimate of drug-likeness (QED) is 0.651.